The van der Waals surface area contributed by atoms with E-state index in [-0.39, 0.29) is 23.7 Å². The summed E-state index contributed by atoms with van der Waals surface area (Å²) in [5, 5.41) is 19.3. The molecule has 0 bridgehead atoms. The molecule has 0 unspecified atom stereocenters. The van der Waals surface area contributed by atoms with E-state index < -0.39 is 11.9 Å². The van der Waals surface area contributed by atoms with Crippen molar-refractivity contribution in [2.45, 2.75) is 70.0 Å². The van der Waals surface area contributed by atoms with E-state index in [1.807, 2.05) is 13.0 Å². The van der Waals surface area contributed by atoms with E-state index in [2.05, 4.69) is 31.7 Å². The Kier molecular flexibility index (Phi) is 5.61. The number of nitrogens with one attached hydrogen (secondary N) is 5. The number of fused-ring (bicyclic) bond motifs is 1. The Morgan fingerprint density at radius 1 is 1.09 bits per heavy atom. The predicted octanol–water partition coefficient (Wildman–Crippen LogP) is 1.73. The van der Waals surface area contributed by atoms with E-state index in [1.54, 1.807) is 16.8 Å². The molecule has 11 nitrogen and oxygen atoms in total. The first-order chi connectivity index (χ1) is 16.0. The molecule has 5 rings (SSSR count). The molecular formula is C22H28N8O3. The third-order valence-corrected chi connectivity index (χ3v) is 6.21. The van der Waals surface area contributed by atoms with Crippen LogP contribution < -0.4 is 26.6 Å². The van der Waals surface area contributed by atoms with Gasteiger partial charge in [-0.1, -0.05) is 6.92 Å². The molecule has 4 amide bonds. The molecule has 11 heteroatoms. The van der Waals surface area contributed by atoms with Crippen molar-refractivity contribution in [3.8, 4) is 0 Å². The molecule has 2 saturated carbocycles. The number of carbonyl (C=O) groups excluding carboxylic acids is 3. The maximum Gasteiger partial charge on any atom is 0.326 e. The molecular weight excluding hydrogens is 424 g/mol. The molecule has 2 aliphatic carbocycles. The number of hydrogen-bond donors (Lipinski definition) is 5. The monoisotopic (exact) mass is 452 g/mol. The van der Waals surface area contributed by atoms with Gasteiger partial charge >= 0.3 is 6.03 Å². The fraction of sp³-hybridized carbons (Fsp3) is 0.500. The van der Waals surface area contributed by atoms with Crippen LogP contribution >= 0.6 is 0 Å². The third-order valence-electron chi connectivity index (χ3n) is 6.21. The van der Waals surface area contributed by atoms with Gasteiger partial charge in [-0.2, -0.15) is 9.61 Å². The lowest BCUT2D eigenvalue weighted by atomic mass is 9.91. The van der Waals surface area contributed by atoms with Gasteiger partial charge in [0.1, 0.15) is 17.3 Å². The highest BCUT2D eigenvalue weighted by Crippen LogP contribution is 2.29. The van der Waals surface area contributed by atoms with Gasteiger partial charge in [0.05, 0.1) is 6.20 Å². The van der Waals surface area contributed by atoms with Crippen LogP contribution in [0.4, 0.5) is 16.4 Å². The molecule has 3 fully saturated rings. The Morgan fingerprint density at radius 2 is 1.79 bits per heavy atom. The minimum atomic E-state index is -0.542. The van der Waals surface area contributed by atoms with Crippen LogP contribution in [-0.4, -0.2) is 50.6 Å². The summed E-state index contributed by atoms with van der Waals surface area (Å²) in [6.07, 6.45) is 9.70. The molecule has 0 atom stereocenters. The average Bonchev–Trinajstić information content (AvgIpc) is 3.43. The van der Waals surface area contributed by atoms with Gasteiger partial charge in [0.15, 0.2) is 5.65 Å². The van der Waals surface area contributed by atoms with Crippen molar-refractivity contribution >= 4 is 41.2 Å². The quantitative estimate of drug-likeness (QED) is 0.318. The molecule has 1 aliphatic heterocycles. The second kappa shape index (κ2) is 8.72. The van der Waals surface area contributed by atoms with Crippen molar-refractivity contribution < 1.29 is 14.4 Å². The largest absolute Gasteiger partial charge is 0.367 e. The van der Waals surface area contributed by atoms with Gasteiger partial charge in [0, 0.05) is 36.2 Å². The number of aromatic nitrogens is 3. The first-order valence-electron chi connectivity index (χ1n) is 11.5. The van der Waals surface area contributed by atoms with E-state index in [1.165, 1.54) is 0 Å². The van der Waals surface area contributed by atoms with Gasteiger partial charge in [-0.3, -0.25) is 14.9 Å². The van der Waals surface area contributed by atoms with Crippen molar-refractivity contribution in [1.82, 2.24) is 30.5 Å². The zero-order valence-corrected chi connectivity index (χ0v) is 18.5. The second-order valence-corrected chi connectivity index (χ2v) is 8.86. The minimum Gasteiger partial charge on any atom is -0.367 e. The lowest BCUT2D eigenvalue weighted by Gasteiger charge is -2.30. The van der Waals surface area contributed by atoms with Crippen LogP contribution in [0.5, 0.6) is 0 Å². The van der Waals surface area contributed by atoms with Crippen LogP contribution in [0, 0.1) is 0 Å². The summed E-state index contributed by atoms with van der Waals surface area (Å²) in [5.74, 6) is 1.19. The molecule has 33 heavy (non-hydrogen) atoms. The highest BCUT2D eigenvalue weighted by atomic mass is 16.2. The fourth-order valence-corrected chi connectivity index (χ4v) is 4.25. The maximum atomic E-state index is 11.9. The van der Waals surface area contributed by atoms with Crippen LogP contribution in [-0.2, 0) is 9.59 Å². The van der Waals surface area contributed by atoms with E-state index in [0.717, 1.165) is 50.2 Å². The number of hydrogen-bond acceptors (Lipinski definition) is 7. The Hall–Kier alpha value is -3.63. The second-order valence-electron chi connectivity index (χ2n) is 8.86. The molecule has 3 aliphatic rings. The van der Waals surface area contributed by atoms with Crippen LogP contribution in [0.25, 0.3) is 11.7 Å². The molecule has 0 radical (unpaired) electrons. The molecule has 3 heterocycles. The van der Waals surface area contributed by atoms with Crippen molar-refractivity contribution in [2.24, 2.45) is 0 Å². The average molecular weight is 453 g/mol. The van der Waals surface area contributed by atoms with Gasteiger partial charge < -0.3 is 21.3 Å². The first-order valence-corrected chi connectivity index (χ1v) is 11.5. The lowest BCUT2D eigenvalue weighted by molar-refractivity contribution is -0.121. The van der Waals surface area contributed by atoms with Gasteiger partial charge in [0.2, 0.25) is 5.91 Å². The Morgan fingerprint density at radius 3 is 2.45 bits per heavy atom. The number of nitrogens with zero attached hydrogens (tertiary/aromatic N) is 3. The summed E-state index contributed by atoms with van der Waals surface area (Å²) < 4.78 is 1.72. The summed E-state index contributed by atoms with van der Waals surface area (Å²) in [7, 11) is 0. The standard InChI is InChI=1S/C22H28N8O3/c1-2-19(31)26-15-7-3-13(4-8-15)24-17-10-18(25-14-5-6-14)30-20(28-17)12(11-23-30)9-16-21(32)29-22(33)27-16/h9-11,13-15,25H,2-8H2,1H3,(H,24,28)(H,26,31)(H2,27,29,32,33)/b16-9-/t13-,15-. The van der Waals surface area contributed by atoms with E-state index in [4.69, 9.17) is 4.98 Å². The van der Waals surface area contributed by atoms with Crippen molar-refractivity contribution in [3.05, 3.63) is 23.5 Å². The number of anilines is 2. The van der Waals surface area contributed by atoms with Crippen LogP contribution in [0.15, 0.2) is 18.0 Å². The molecule has 0 aromatic carbocycles. The zero-order chi connectivity index (χ0) is 22.9. The highest BCUT2D eigenvalue weighted by Gasteiger charge is 2.26. The summed E-state index contributed by atoms with van der Waals surface area (Å²) in [5.41, 5.74) is 1.39. The third kappa shape index (κ3) is 4.76. The summed E-state index contributed by atoms with van der Waals surface area (Å²) in [6, 6.07) is 2.34. The molecule has 0 spiro atoms. The Balaban J connectivity index is 1.37. The van der Waals surface area contributed by atoms with Crippen LogP contribution in [0.3, 0.4) is 0 Å². The van der Waals surface area contributed by atoms with Crippen molar-refractivity contribution in [1.29, 1.82) is 0 Å². The molecule has 2 aromatic rings. The van der Waals surface area contributed by atoms with Crippen molar-refractivity contribution in [3.63, 3.8) is 0 Å². The summed E-state index contributed by atoms with van der Waals surface area (Å²) in [4.78, 5) is 39.8. The smallest absolute Gasteiger partial charge is 0.326 e. The van der Waals surface area contributed by atoms with Crippen LogP contribution in [0.2, 0.25) is 0 Å². The first kappa shape index (κ1) is 21.2. The van der Waals surface area contributed by atoms with Crippen molar-refractivity contribution in [2.75, 3.05) is 10.6 Å². The fourth-order valence-electron chi connectivity index (χ4n) is 4.25. The number of carbonyl (C=O) groups is 3. The van der Waals surface area contributed by atoms with Gasteiger partial charge in [-0.25, -0.2) is 9.78 Å². The van der Waals surface area contributed by atoms with E-state index in [9.17, 15) is 14.4 Å². The molecule has 174 valence electrons. The van der Waals surface area contributed by atoms with E-state index in [0.29, 0.717) is 23.7 Å². The highest BCUT2D eigenvalue weighted by molar-refractivity contribution is 6.14. The van der Waals surface area contributed by atoms with Gasteiger partial charge in [0.25, 0.3) is 5.91 Å². The van der Waals surface area contributed by atoms with E-state index >= 15 is 0 Å². The minimum absolute atomic E-state index is 0.101. The Labute approximate surface area is 190 Å². The normalized spacial score (nSPS) is 24.0. The molecule has 1 saturated heterocycles. The number of amides is 4. The molecule has 5 N–H and O–H groups in total. The number of imide groups is 1. The van der Waals surface area contributed by atoms with Gasteiger partial charge in [-0.05, 0) is 44.6 Å². The Bertz CT molecular complexity index is 1130. The predicted molar refractivity (Wildman–Crippen MR) is 122 cm³/mol. The summed E-state index contributed by atoms with van der Waals surface area (Å²) in [6.45, 7) is 1.87. The van der Waals surface area contributed by atoms with Gasteiger partial charge in [-0.15, -0.1) is 0 Å². The zero-order valence-electron chi connectivity index (χ0n) is 18.5. The summed E-state index contributed by atoms with van der Waals surface area (Å²) >= 11 is 0. The number of rotatable bonds is 7. The topological polar surface area (TPSA) is 142 Å². The SMILES string of the molecule is CCC(=O)N[C@H]1CC[C@H](Nc2cc(NC3CC3)n3ncc(/C=C4\NC(=O)NC4=O)c3n2)CC1. The lowest BCUT2D eigenvalue weighted by Crippen LogP contribution is -2.39. The van der Waals surface area contributed by atoms with Crippen LogP contribution in [0.1, 0.15) is 57.4 Å². The number of urea groups is 1. The molecule has 2 aromatic heterocycles. The maximum absolute atomic E-state index is 11.9.